The number of nitrogens with zero attached hydrogens (tertiary/aromatic N) is 1. The van der Waals surface area contributed by atoms with Gasteiger partial charge in [0.25, 0.3) is 5.56 Å². The first-order chi connectivity index (χ1) is 6.59. The van der Waals surface area contributed by atoms with Gasteiger partial charge in [0.2, 0.25) is 0 Å². The number of rotatable bonds is 0. The van der Waals surface area contributed by atoms with Gasteiger partial charge in [-0.2, -0.15) is 0 Å². The molecule has 1 aromatic carbocycles. The second-order valence-corrected chi connectivity index (χ2v) is 3.45. The third-order valence-electron chi connectivity index (χ3n) is 2.38. The molecular weight excluding hydrogens is 178 g/mol. The largest absolute Gasteiger partial charge is 0.507 e. The number of benzene rings is 1. The van der Waals surface area contributed by atoms with Gasteiger partial charge in [0.15, 0.2) is 0 Å². The molecule has 0 saturated carbocycles. The highest BCUT2D eigenvalue weighted by Gasteiger charge is 2.04. The van der Waals surface area contributed by atoms with Crippen LogP contribution in [-0.2, 0) is 7.05 Å². The summed E-state index contributed by atoms with van der Waals surface area (Å²) in [6.45, 7) is 1.95. The van der Waals surface area contributed by atoms with Crippen LogP contribution in [-0.4, -0.2) is 9.67 Å². The monoisotopic (exact) mass is 189 g/mol. The van der Waals surface area contributed by atoms with E-state index in [1.807, 2.05) is 25.1 Å². The lowest BCUT2D eigenvalue weighted by Gasteiger charge is -2.06. The minimum absolute atomic E-state index is 0.0445. The molecule has 3 heteroatoms. The first-order valence-electron chi connectivity index (χ1n) is 4.39. The SMILES string of the molecule is Cc1ccc2c(O)cc(=O)n(C)c2c1. The maximum absolute atomic E-state index is 11.4. The van der Waals surface area contributed by atoms with E-state index in [9.17, 15) is 9.90 Å². The van der Waals surface area contributed by atoms with Crippen LogP contribution in [0.25, 0.3) is 10.9 Å². The first kappa shape index (κ1) is 8.81. The van der Waals surface area contributed by atoms with Crippen LogP contribution < -0.4 is 5.56 Å². The third-order valence-corrected chi connectivity index (χ3v) is 2.38. The van der Waals surface area contributed by atoms with Crippen molar-refractivity contribution < 1.29 is 5.11 Å². The lowest BCUT2D eigenvalue weighted by atomic mass is 10.1. The fraction of sp³-hybridized carbons (Fsp3) is 0.182. The zero-order valence-corrected chi connectivity index (χ0v) is 8.11. The molecule has 0 aliphatic rings. The Balaban J connectivity index is 3.03. The molecule has 0 atom stereocenters. The second kappa shape index (κ2) is 2.87. The van der Waals surface area contributed by atoms with Crippen LogP contribution in [0.3, 0.4) is 0 Å². The van der Waals surface area contributed by atoms with Gasteiger partial charge >= 0.3 is 0 Å². The first-order valence-corrected chi connectivity index (χ1v) is 4.39. The summed E-state index contributed by atoms with van der Waals surface area (Å²) in [5, 5.41) is 10.3. The van der Waals surface area contributed by atoms with E-state index in [4.69, 9.17) is 0 Å². The molecule has 0 spiro atoms. The van der Waals surface area contributed by atoms with Crippen molar-refractivity contribution in [2.75, 3.05) is 0 Å². The third kappa shape index (κ3) is 1.18. The molecule has 2 aromatic rings. The summed E-state index contributed by atoms with van der Waals surface area (Å²) in [5.74, 6) is 0.0445. The van der Waals surface area contributed by atoms with E-state index in [2.05, 4.69) is 0 Å². The Kier molecular flexibility index (Phi) is 1.81. The smallest absolute Gasteiger partial charge is 0.254 e. The fourth-order valence-corrected chi connectivity index (χ4v) is 1.55. The molecule has 0 fully saturated rings. The van der Waals surface area contributed by atoms with Crippen molar-refractivity contribution in [3.8, 4) is 5.75 Å². The highest BCUT2D eigenvalue weighted by atomic mass is 16.3. The topological polar surface area (TPSA) is 42.2 Å². The van der Waals surface area contributed by atoms with Gasteiger partial charge in [-0.1, -0.05) is 6.07 Å². The van der Waals surface area contributed by atoms with Gasteiger partial charge in [-0.05, 0) is 24.6 Å². The minimum Gasteiger partial charge on any atom is -0.507 e. The van der Waals surface area contributed by atoms with Gasteiger partial charge in [-0.25, -0.2) is 0 Å². The van der Waals surface area contributed by atoms with Crippen molar-refractivity contribution in [3.63, 3.8) is 0 Å². The lowest BCUT2D eigenvalue weighted by Crippen LogP contribution is -2.15. The summed E-state index contributed by atoms with van der Waals surface area (Å²) in [4.78, 5) is 11.4. The molecule has 0 aliphatic heterocycles. The molecule has 0 unspecified atom stereocenters. The number of pyridine rings is 1. The van der Waals surface area contributed by atoms with E-state index in [0.717, 1.165) is 11.1 Å². The number of aromatic nitrogens is 1. The van der Waals surface area contributed by atoms with Crippen molar-refractivity contribution in [1.29, 1.82) is 0 Å². The van der Waals surface area contributed by atoms with Crippen molar-refractivity contribution in [3.05, 3.63) is 40.2 Å². The Morgan fingerprint density at radius 2 is 2.00 bits per heavy atom. The van der Waals surface area contributed by atoms with Gasteiger partial charge in [0.05, 0.1) is 5.52 Å². The Hall–Kier alpha value is -1.77. The number of aromatic hydroxyl groups is 1. The molecule has 72 valence electrons. The highest BCUT2D eigenvalue weighted by molar-refractivity contribution is 5.85. The number of fused-ring (bicyclic) bond motifs is 1. The molecule has 3 nitrogen and oxygen atoms in total. The van der Waals surface area contributed by atoms with Gasteiger partial charge in [0.1, 0.15) is 5.75 Å². The molecule has 0 amide bonds. The Bertz CT molecular complexity index is 555. The molecule has 0 bridgehead atoms. The summed E-state index contributed by atoms with van der Waals surface area (Å²) in [6.07, 6.45) is 0. The van der Waals surface area contributed by atoms with Gasteiger partial charge in [-0.15, -0.1) is 0 Å². The average molecular weight is 189 g/mol. The summed E-state index contributed by atoms with van der Waals surface area (Å²) in [7, 11) is 1.70. The van der Waals surface area contributed by atoms with Crippen molar-refractivity contribution >= 4 is 10.9 Å². The number of hydrogen-bond acceptors (Lipinski definition) is 2. The lowest BCUT2D eigenvalue weighted by molar-refractivity contribution is 0.479. The van der Waals surface area contributed by atoms with Crippen LogP contribution in [0.2, 0.25) is 0 Å². The molecular formula is C11H11NO2. The molecule has 1 heterocycles. The maximum atomic E-state index is 11.4. The van der Waals surface area contributed by atoms with Crippen LogP contribution >= 0.6 is 0 Å². The predicted molar refractivity (Wildman–Crippen MR) is 55.6 cm³/mol. The average Bonchev–Trinajstić information content (AvgIpc) is 2.14. The van der Waals surface area contributed by atoms with Crippen LogP contribution in [0.5, 0.6) is 5.75 Å². The Morgan fingerprint density at radius 3 is 2.71 bits per heavy atom. The van der Waals surface area contributed by atoms with E-state index >= 15 is 0 Å². The number of hydrogen-bond donors (Lipinski definition) is 1. The van der Waals surface area contributed by atoms with Crippen LogP contribution in [0.15, 0.2) is 29.1 Å². The molecule has 0 aliphatic carbocycles. The Morgan fingerprint density at radius 1 is 1.29 bits per heavy atom. The quantitative estimate of drug-likeness (QED) is 0.683. The Labute approximate surface area is 81.2 Å². The molecule has 0 saturated heterocycles. The van der Waals surface area contributed by atoms with E-state index in [0.29, 0.717) is 5.39 Å². The summed E-state index contributed by atoms with van der Waals surface area (Å²) < 4.78 is 1.53. The predicted octanol–water partition coefficient (Wildman–Crippen LogP) is 1.55. The summed E-state index contributed by atoms with van der Waals surface area (Å²) in [5.41, 5.74) is 1.63. The zero-order valence-electron chi connectivity index (χ0n) is 8.11. The maximum Gasteiger partial charge on any atom is 0.254 e. The van der Waals surface area contributed by atoms with E-state index < -0.39 is 0 Å². The van der Waals surface area contributed by atoms with E-state index in [1.54, 1.807) is 7.05 Å². The molecule has 0 radical (unpaired) electrons. The van der Waals surface area contributed by atoms with Gasteiger partial charge in [0, 0.05) is 18.5 Å². The summed E-state index contributed by atoms with van der Waals surface area (Å²) in [6, 6.07) is 6.85. The zero-order chi connectivity index (χ0) is 10.3. The van der Waals surface area contributed by atoms with Crippen molar-refractivity contribution in [2.24, 2.45) is 7.05 Å². The van der Waals surface area contributed by atoms with E-state index in [1.165, 1.54) is 10.6 Å². The minimum atomic E-state index is -0.194. The highest BCUT2D eigenvalue weighted by Crippen LogP contribution is 2.22. The molecule has 14 heavy (non-hydrogen) atoms. The molecule has 1 aromatic heterocycles. The number of aryl methyl sites for hydroxylation is 2. The summed E-state index contributed by atoms with van der Waals surface area (Å²) >= 11 is 0. The van der Waals surface area contributed by atoms with Gasteiger partial charge < -0.3 is 9.67 Å². The van der Waals surface area contributed by atoms with Gasteiger partial charge in [-0.3, -0.25) is 4.79 Å². The van der Waals surface area contributed by atoms with Crippen LogP contribution in [0.4, 0.5) is 0 Å². The standard InChI is InChI=1S/C11H11NO2/c1-7-3-4-8-9(5-7)12(2)11(14)6-10(8)13/h3-6,13H,1-2H3. The van der Waals surface area contributed by atoms with Crippen LogP contribution in [0, 0.1) is 6.92 Å². The fourth-order valence-electron chi connectivity index (χ4n) is 1.55. The second-order valence-electron chi connectivity index (χ2n) is 3.45. The van der Waals surface area contributed by atoms with Crippen LogP contribution in [0.1, 0.15) is 5.56 Å². The van der Waals surface area contributed by atoms with Crippen molar-refractivity contribution in [2.45, 2.75) is 6.92 Å². The van der Waals surface area contributed by atoms with Crippen molar-refractivity contribution in [1.82, 2.24) is 4.57 Å². The van der Waals surface area contributed by atoms with E-state index in [-0.39, 0.29) is 11.3 Å². The molecule has 2 rings (SSSR count). The molecule has 1 N–H and O–H groups in total. The normalized spacial score (nSPS) is 10.7.